The lowest BCUT2D eigenvalue weighted by atomic mass is 10.1. The van der Waals surface area contributed by atoms with E-state index >= 15 is 0 Å². The van der Waals surface area contributed by atoms with Gasteiger partial charge in [0.15, 0.2) is 0 Å². The van der Waals surface area contributed by atoms with Gasteiger partial charge in [-0.3, -0.25) is 5.01 Å². The molecule has 146 valence electrons. The van der Waals surface area contributed by atoms with Crippen molar-refractivity contribution in [3.8, 4) is 0 Å². The molecule has 1 saturated heterocycles. The van der Waals surface area contributed by atoms with Crippen molar-refractivity contribution >= 4 is 33.7 Å². The molecule has 4 nitrogen and oxygen atoms in total. The Morgan fingerprint density at radius 1 is 1.03 bits per heavy atom. The zero-order chi connectivity index (χ0) is 19.8. The molecule has 0 bridgehead atoms. The number of hydrogen-bond acceptors (Lipinski definition) is 3. The van der Waals surface area contributed by atoms with Crippen molar-refractivity contribution in [2.45, 2.75) is 26.5 Å². The van der Waals surface area contributed by atoms with Crippen LogP contribution in [0, 0.1) is 6.92 Å². The highest BCUT2D eigenvalue weighted by Crippen LogP contribution is 2.29. The fourth-order valence-electron chi connectivity index (χ4n) is 3.93. The van der Waals surface area contributed by atoms with E-state index in [-0.39, 0.29) is 6.10 Å². The Labute approximate surface area is 171 Å². The first-order valence-electron chi connectivity index (χ1n) is 10.2. The van der Waals surface area contributed by atoms with Crippen LogP contribution in [-0.4, -0.2) is 30.0 Å². The second kappa shape index (κ2) is 7.37. The van der Waals surface area contributed by atoms with E-state index in [0.29, 0.717) is 0 Å². The molecule has 4 heteroatoms. The number of ether oxygens (including phenoxy) is 1. The van der Waals surface area contributed by atoms with Crippen LogP contribution < -0.4 is 5.01 Å². The van der Waals surface area contributed by atoms with E-state index in [2.05, 4.69) is 85.1 Å². The van der Waals surface area contributed by atoms with Gasteiger partial charge in [0.2, 0.25) is 0 Å². The average molecular weight is 383 g/mol. The highest BCUT2D eigenvalue weighted by molar-refractivity contribution is 6.09. The van der Waals surface area contributed by atoms with E-state index in [9.17, 15) is 0 Å². The Bertz CT molecular complexity index is 1190. The van der Waals surface area contributed by atoms with Gasteiger partial charge in [-0.1, -0.05) is 42.0 Å². The standard InChI is InChI=1S/C25H25N3O/c1-3-27-24-7-5-4-6-22(24)23-14-19(10-13-25(23)27)15-26-28(16-21-17-29-21)20-11-8-18(2)9-12-20/h4-15,21H,3,16-17H2,1-2H3/b26-15+. The number of para-hydroxylation sites is 1. The molecule has 3 aromatic carbocycles. The second-order valence-electron chi connectivity index (χ2n) is 7.66. The topological polar surface area (TPSA) is 33.1 Å². The quantitative estimate of drug-likeness (QED) is 0.255. The van der Waals surface area contributed by atoms with Crippen LogP contribution >= 0.6 is 0 Å². The van der Waals surface area contributed by atoms with E-state index in [1.54, 1.807) is 0 Å². The summed E-state index contributed by atoms with van der Waals surface area (Å²) in [5, 5.41) is 9.42. The molecule has 0 saturated carbocycles. The van der Waals surface area contributed by atoms with Crippen molar-refractivity contribution in [1.29, 1.82) is 0 Å². The lowest BCUT2D eigenvalue weighted by Crippen LogP contribution is -2.22. The second-order valence-corrected chi connectivity index (χ2v) is 7.66. The van der Waals surface area contributed by atoms with Gasteiger partial charge in [-0.25, -0.2) is 0 Å². The van der Waals surface area contributed by atoms with Gasteiger partial charge in [-0.15, -0.1) is 0 Å². The van der Waals surface area contributed by atoms with E-state index in [1.807, 2.05) is 11.2 Å². The molecule has 0 N–H and O–H groups in total. The maximum atomic E-state index is 5.44. The molecule has 0 amide bonds. The van der Waals surface area contributed by atoms with Gasteiger partial charge in [-0.2, -0.15) is 5.10 Å². The maximum absolute atomic E-state index is 5.44. The van der Waals surface area contributed by atoms with Crippen molar-refractivity contribution in [2.75, 3.05) is 18.2 Å². The highest BCUT2D eigenvalue weighted by Gasteiger charge is 2.25. The number of fused-ring (bicyclic) bond motifs is 3. The molecule has 0 spiro atoms. The number of aromatic nitrogens is 1. The lowest BCUT2D eigenvalue weighted by molar-refractivity contribution is 0.408. The molecular formula is C25H25N3O. The summed E-state index contributed by atoms with van der Waals surface area (Å²) in [6.45, 7) is 6.85. The van der Waals surface area contributed by atoms with Gasteiger partial charge in [0.25, 0.3) is 0 Å². The summed E-state index contributed by atoms with van der Waals surface area (Å²) < 4.78 is 7.81. The molecule has 1 fully saturated rings. The zero-order valence-corrected chi connectivity index (χ0v) is 16.9. The first-order chi connectivity index (χ1) is 14.2. The molecule has 4 aromatic rings. The Kier molecular flexibility index (Phi) is 4.57. The zero-order valence-electron chi connectivity index (χ0n) is 16.9. The third kappa shape index (κ3) is 3.52. The van der Waals surface area contributed by atoms with Crippen molar-refractivity contribution in [1.82, 2.24) is 4.57 Å². The molecule has 1 unspecified atom stereocenters. The molecule has 1 atom stereocenters. The van der Waals surface area contributed by atoms with E-state index < -0.39 is 0 Å². The minimum Gasteiger partial charge on any atom is -0.371 e. The maximum Gasteiger partial charge on any atom is 0.101 e. The predicted octanol–water partition coefficient (Wildman–Crippen LogP) is 5.36. The molecule has 2 heterocycles. The van der Waals surface area contributed by atoms with Gasteiger partial charge in [0, 0.05) is 28.4 Å². The van der Waals surface area contributed by atoms with Gasteiger partial charge >= 0.3 is 0 Å². The summed E-state index contributed by atoms with van der Waals surface area (Å²) in [6.07, 6.45) is 2.23. The first-order valence-corrected chi connectivity index (χ1v) is 10.2. The van der Waals surface area contributed by atoms with Crippen molar-refractivity contribution in [3.63, 3.8) is 0 Å². The van der Waals surface area contributed by atoms with Gasteiger partial charge in [-0.05, 0) is 49.7 Å². The molecular weight excluding hydrogens is 358 g/mol. The highest BCUT2D eigenvalue weighted by atomic mass is 16.6. The summed E-state index contributed by atoms with van der Waals surface area (Å²) in [5.41, 5.74) is 5.99. The number of anilines is 1. The summed E-state index contributed by atoms with van der Waals surface area (Å²) in [4.78, 5) is 0. The molecule has 1 aliphatic heterocycles. The van der Waals surface area contributed by atoms with Crippen LogP contribution in [0.15, 0.2) is 71.8 Å². The predicted molar refractivity (Wildman–Crippen MR) is 121 cm³/mol. The Hall–Kier alpha value is -3.11. The van der Waals surface area contributed by atoms with Gasteiger partial charge < -0.3 is 9.30 Å². The SMILES string of the molecule is CCn1c2ccccc2c2cc(/C=N/N(CC3CO3)c3ccc(C)cc3)ccc21. The number of benzene rings is 3. The molecule has 1 aromatic heterocycles. The lowest BCUT2D eigenvalue weighted by Gasteiger charge is -2.18. The Morgan fingerprint density at radius 2 is 1.79 bits per heavy atom. The molecule has 1 aliphatic rings. The Balaban J connectivity index is 1.51. The summed E-state index contributed by atoms with van der Waals surface area (Å²) in [6, 6.07) is 23.7. The van der Waals surface area contributed by atoms with Crippen LogP contribution in [0.25, 0.3) is 21.8 Å². The van der Waals surface area contributed by atoms with E-state index in [4.69, 9.17) is 9.84 Å². The Morgan fingerprint density at radius 3 is 2.55 bits per heavy atom. The van der Waals surface area contributed by atoms with Crippen molar-refractivity contribution in [2.24, 2.45) is 5.10 Å². The van der Waals surface area contributed by atoms with E-state index in [1.165, 1.54) is 27.4 Å². The number of aryl methyl sites for hydroxylation is 2. The summed E-state index contributed by atoms with van der Waals surface area (Å²) in [7, 11) is 0. The number of hydrogen-bond donors (Lipinski definition) is 0. The monoisotopic (exact) mass is 383 g/mol. The van der Waals surface area contributed by atoms with Crippen LogP contribution in [-0.2, 0) is 11.3 Å². The van der Waals surface area contributed by atoms with E-state index in [0.717, 1.165) is 30.9 Å². The van der Waals surface area contributed by atoms with Crippen molar-refractivity contribution < 1.29 is 4.74 Å². The van der Waals surface area contributed by atoms with Crippen molar-refractivity contribution in [3.05, 3.63) is 77.9 Å². The average Bonchev–Trinajstić information content (AvgIpc) is 3.52. The van der Waals surface area contributed by atoms with Gasteiger partial charge in [0.05, 0.1) is 25.1 Å². The number of rotatable bonds is 6. The fraction of sp³-hybridized carbons (Fsp3) is 0.240. The van der Waals surface area contributed by atoms with Gasteiger partial charge in [0.1, 0.15) is 6.10 Å². The largest absolute Gasteiger partial charge is 0.371 e. The number of epoxide rings is 1. The molecule has 0 radical (unpaired) electrons. The third-order valence-corrected chi connectivity index (χ3v) is 5.57. The summed E-state index contributed by atoms with van der Waals surface area (Å²) in [5.74, 6) is 0. The number of nitrogens with zero attached hydrogens (tertiary/aromatic N) is 3. The van der Waals surface area contributed by atoms with Crippen LogP contribution in [0.1, 0.15) is 18.1 Å². The molecule has 5 rings (SSSR count). The van der Waals surface area contributed by atoms with Crippen LogP contribution in [0.4, 0.5) is 5.69 Å². The third-order valence-electron chi connectivity index (χ3n) is 5.57. The van der Waals surface area contributed by atoms with Crippen LogP contribution in [0.5, 0.6) is 0 Å². The molecule has 29 heavy (non-hydrogen) atoms. The number of hydrazone groups is 1. The fourth-order valence-corrected chi connectivity index (χ4v) is 3.93. The minimum absolute atomic E-state index is 0.276. The summed E-state index contributed by atoms with van der Waals surface area (Å²) >= 11 is 0. The minimum atomic E-state index is 0.276. The van der Waals surface area contributed by atoms with Crippen LogP contribution in [0.2, 0.25) is 0 Å². The smallest absolute Gasteiger partial charge is 0.101 e. The van der Waals surface area contributed by atoms with Crippen LogP contribution in [0.3, 0.4) is 0 Å². The normalized spacial score (nSPS) is 16.1. The first kappa shape index (κ1) is 18.0. The molecule has 0 aliphatic carbocycles.